The molecule has 0 bridgehead atoms. The molecule has 0 radical (unpaired) electrons. The van der Waals surface area contributed by atoms with Gasteiger partial charge in [-0.2, -0.15) is 17.8 Å². The maximum Gasteiger partial charge on any atom is 0.303 e. The van der Waals surface area contributed by atoms with Crippen molar-refractivity contribution in [1.82, 2.24) is 28.7 Å². The molecule has 0 spiro atoms. The smallest absolute Gasteiger partial charge is 0.303 e. The Bertz CT molecular complexity index is 1420. The molecule has 0 saturated heterocycles. The summed E-state index contributed by atoms with van der Waals surface area (Å²) in [5, 5.41) is 8.31. The highest BCUT2D eigenvalue weighted by Gasteiger charge is 2.34. The summed E-state index contributed by atoms with van der Waals surface area (Å²) in [6, 6.07) is 10.0. The Balaban J connectivity index is 1.80. The topological polar surface area (TPSA) is 148 Å². The average molecular weight is 502 g/mol. The number of amidine groups is 1. The van der Waals surface area contributed by atoms with Gasteiger partial charge in [0.1, 0.15) is 29.2 Å². The monoisotopic (exact) mass is 501 g/mol. The Morgan fingerprint density at radius 1 is 1.20 bits per heavy atom. The molecule has 1 aromatic carbocycles. The SMILES string of the molecule is CCCN(C1=C(N)N=C(c2nn(Cc3ccccc3F)c3ncccc23)NC1N)S(=O)(=O)N(C)C. The van der Waals surface area contributed by atoms with Crippen molar-refractivity contribution in [3.05, 3.63) is 71.2 Å². The van der Waals surface area contributed by atoms with E-state index in [1.54, 1.807) is 35.1 Å². The van der Waals surface area contributed by atoms with E-state index in [-0.39, 0.29) is 36.3 Å². The fourth-order valence-electron chi connectivity index (χ4n) is 3.83. The van der Waals surface area contributed by atoms with Gasteiger partial charge in [0.15, 0.2) is 11.5 Å². The number of nitrogens with zero attached hydrogens (tertiary/aromatic N) is 6. The number of rotatable bonds is 8. The highest BCUT2D eigenvalue weighted by atomic mass is 32.2. The first-order valence-corrected chi connectivity index (χ1v) is 12.4. The number of fused-ring (bicyclic) bond motifs is 1. The van der Waals surface area contributed by atoms with E-state index in [1.807, 2.05) is 13.0 Å². The van der Waals surface area contributed by atoms with Crippen molar-refractivity contribution >= 4 is 27.1 Å². The third-order valence-corrected chi connectivity index (χ3v) is 7.39. The first kappa shape index (κ1) is 24.6. The van der Waals surface area contributed by atoms with Gasteiger partial charge in [-0.15, -0.1) is 0 Å². The molecular formula is C22H28FN9O2S. The Kier molecular flexibility index (Phi) is 6.74. The molecule has 35 heavy (non-hydrogen) atoms. The lowest BCUT2D eigenvalue weighted by molar-refractivity contribution is 0.393. The second-order valence-electron chi connectivity index (χ2n) is 8.19. The molecule has 1 unspecified atom stereocenters. The minimum atomic E-state index is -3.84. The zero-order valence-electron chi connectivity index (χ0n) is 19.7. The standard InChI is InChI=1S/C22H28FN9O2S/c1-4-12-32(35(33,34)30(2)3)18-19(24)27-21(28-20(18)25)17-15-9-7-11-26-22(15)31(29-17)13-14-8-5-6-10-16(14)23/h5-11,19H,4,12-13,24-25H2,1-3H3,(H,27,28). The van der Waals surface area contributed by atoms with Crippen LogP contribution in [0, 0.1) is 5.82 Å². The zero-order valence-corrected chi connectivity index (χ0v) is 20.5. The van der Waals surface area contributed by atoms with E-state index in [2.05, 4.69) is 20.4 Å². The minimum Gasteiger partial charge on any atom is -0.382 e. The summed E-state index contributed by atoms with van der Waals surface area (Å²) >= 11 is 0. The van der Waals surface area contributed by atoms with Crippen LogP contribution in [0.1, 0.15) is 24.6 Å². The van der Waals surface area contributed by atoms with E-state index in [0.29, 0.717) is 28.7 Å². The third kappa shape index (κ3) is 4.57. The Morgan fingerprint density at radius 2 is 1.94 bits per heavy atom. The number of nitrogens with one attached hydrogen (secondary N) is 1. The van der Waals surface area contributed by atoms with Crippen LogP contribution in [0.5, 0.6) is 0 Å². The fourth-order valence-corrected chi connectivity index (χ4v) is 5.10. The number of hydrogen-bond acceptors (Lipinski definition) is 8. The second kappa shape index (κ2) is 9.60. The number of nitrogens with two attached hydrogens (primary N) is 2. The molecule has 1 aliphatic rings. The maximum atomic E-state index is 14.3. The quantitative estimate of drug-likeness (QED) is 0.415. The van der Waals surface area contributed by atoms with Crippen LogP contribution in [0.2, 0.25) is 0 Å². The molecule has 4 rings (SSSR count). The third-order valence-electron chi connectivity index (χ3n) is 5.53. The first-order chi connectivity index (χ1) is 16.6. The molecule has 13 heteroatoms. The highest BCUT2D eigenvalue weighted by Crippen LogP contribution is 2.24. The number of hydrogen-bond donors (Lipinski definition) is 3. The van der Waals surface area contributed by atoms with Crippen molar-refractivity contribution in [2.24, 2.45) is 16.5 Å². The molecule has 1 aliphatic heterocycles. The van der Waals surface area contributed by atoms with Crippen LogP contribution in [-0.4, -0.2) is 64.4 Å². The van der Waals surface area contributed by atoms with Gasteiger partial charge in [-0.1, -0.05) is 25.1 Å². The van der Waals surface area contributed by atoms with Crippen molar-refractivity contribution in [3.8, 4) is 0 Å². The van der Waals surface area contributed by atoms with Gasteiger partial charge in [-0.3, -0.25) is 4.31 Å². The predicted octanol–water partition coefficient (Wildman–Crippen LogP) is 0.900. The second-order valence-corrected chi connectivity index (χ2v) is 10.3. The van der Waals surface area contributed by atoms with E-state index in [9.17, 15) is 12.8 Å². The van der Waals surface area contributed by atoms with Gasteiger partial charge in [-0.25, -0.2) is 19.0 Å². The molecule has 0 amide bonds. The lowest BCUT2D eigenvalue weighted by Gasteiger charge is -2.34. The largest absolute Gasteiger partial charge is 0.382 e. The van der Waals surface area contributed by atoms with Gasteiger partial charge in [-0.05, 0) is 24.6 Å². The van der Waals surface area contributed by atoms with E-state index >= 15 is 0 Å². The highest BCUT2D eigenvalue weighted by molar-refractivity contribution is 7.86. The number of aromatic nitrogens is 3. The molecule has 2 aromatic heterocycles. The van der Waals surface area contributed by atoms with Crippen LogP contribution >= 0.6 is 0 Å². The van der Waals surface area contributed by atoms with Crippen molar-refractivity contribution in [3.63, 3.8) is 0 Å². The van der Waals surface area contributed by atoms with Crippen LogP contribution in [-0.2, 0) is 16.8 Å². The molecule has 186 valence electrons. The average Bonchev–Trinajstić information content (AvgIpc) is 3.18. The number of benzene rings is 1. The molecule has 11 nitrogen and oxygen atoms in total. The van der Waals surface area contributed by atoms with Gasteiger partial charge >= 0.3 is 10.2 Å². The molecule has 0 fully saturated rings. The predicted molar refractivity (Wildman–Crippen MR) is 131 cm³/mol. The summed E-state index contributed by atoms with van der Waals surface area (Å²) < 4.78 is 44.0. The molecule has 3 heterocycles. The number of pyridine rings is 1. The summed E-state index contributed by atoms with van der Waals surface area (Å²) in [5.74, 6) is -0.118. The lowest BCUT2D eigenvalue weighted by atomic mass is 10.2. The van der Waals surface area contributed by atoms with E-state index in [1.165, 1.54) is 20.2 Å². The molecule has 3 aromatic rings. The first-order valence-electron chi connectivity index (χ1n) is 11.0. The summed E-state index contributed by atoms with van der Waals surface area (Å²) in [6.07, 6.45) is 1.20. The zero-order chi connectivity index (χ0) is 25.3. The van der Waals surface area contributed by atoms with Gasteiger partial charge < -0.3 is 16.8 Å². The van der Waals surface area contributed by atoms with Crippen LogP contribution in [0.4, 0.5) is 4.39 Å². The Labute approximate surface area is 203 Å². The van der Waals surface area contributed by atoms with Crippen molar-refractivity contribution in [2.45, 2.75) is 26.1 Å². The molecule has 0 saturated carbocycles. The van der Waals surface area contributed by atoms with E-state index in [0.717, 1.165) is 8.61 Å². The van der Waals surface area contributed by atoms with E-state index in [4.69, 9.17) is 11.5 Å². The molecule has 1 atom stereocenters. The molecule has 5 N–H and O–H groups in total. The van der Waals surface area contributed by atoms with Crippen LogP contribution in [0.15, 0.2) is 59.1 Å². The normalized spacial score (nSPS) is 16.5. The Morgan fingerprint density at radius 3 is 2.60 bits per heavy atom. The van der Waals surface area contributed by atoms with Crippen molar-refractivity contribution in [1.29, 1.82) is 0 Å². The van der Waals surface area contributed by atoms with Crippen molar-refractivity contribution in [2.75, 3.05) is 20.6 Å². The number of aliphatic imine (C=N–C) groups is 1. The molecular weight excluding hydrogens is 473 g/mol. The Hall–Kier alpha value is -3.55. The van der Waals surface area contributed by atoms with Crippen molar-refractivity contribution < 1.29 is 12.8 Å². The van der Waals surface area contributed by atoms with E-state index < -0.39 is 16.4 Å². The summed E-state index contributed by atoms with van der Waals surface area (Å²) in [4.78, 5) is 8.84. The fraction of sp³-hybridized carbons (Fsp3) is 0.318. The van der Waals surface area contributed by atoms with Gasteiger partial charge in [0.05, 0.1) is 11.9 Å². The maximum absolute atomic E-state index is 14.3. The van der Waals surface area contributed by atoms with Crippen LogP contribution in [0.3, 0.4) is 0 Å². The number of halogens is 1. The van der Waals surface area contributed by atoms with Gasteiger partial charge in [0, 0.05) is 32.4 Å². The summed E-state index contributed by atoms with van der Waals surface area (Å²) in [7, 11) is -0.970. The summed E-state index contributed by atoms with van der Waals surface area (Å²) in [5.41, 5.74) is 14.2. The van der Waals surface area contributed by atoms with Gasteiger partial charge in [0.2, 0.25) is 0 Å². The minimum absolute atomic E-state index is 0.0363. The van der Waals surface area contributed by atoms with Crippen LogP contribution in [0.25, 0.3) is 11.0 Å². The summed E-state index contributed by atoms with van der Waals surface area (Å²) in [6.45, 7) is 2.19. The lowest BCUT2D eigenvalue weighted by Crippen LogP contribution is -2.54. The van der Waals surface area contributed by atoms with Gasteiger partial charge in [0.25, 0.3) is 0 Å². The van der Waals surface area contributed by atoms with Crippen LogP contribution < -0.4 is 16.8 Å². The molecule has 0 aliphatic carbocycles.